The van der Waals surface area contributed by atoms with Gasteiger partial charge in [0, 0.05) is 22.6 Å². The first-order chi connectivity index (χ1) is 10.0. The monoisotopic (exact) mass is 339 g/mol. The lowest BCUT2D eigenvalue weighted by Gasteiger charge is -2.07. The molecule has 2 heterocycles. The van der Waals surface area contributed by atoms with E-state index in [-0.39, 0.29) is 0 Å². The first-order valence-electron chi connectivity index (χ1n) is 6.65. The van der Waals surface area contributed by atoms with E-state index in [9.17, 15) is 0 Å². The summed E-state index contributed by atoms with van der Waals surface area (Å²) < 4.78 is 2.20. The van der Waals surface area contributed by atoms with Crippen molar-refractivity contribution in [3.05, 3.63) is 44.5 Å². The average Bonchev–Trinajstić information content (AvgIpc) is 2.89. The fourth-order valence-corrected chi connectivity index (χ4v) is 3.94. The summed E-state index contributed by atoms with van der Waals surface area (Å²) in [6, 6.07) is 5.72. The number of benzene rings is 1. The summed E-state index contributed by atoms with van der Waals surface area (Å²) in [7, 11) is 0. The Morgan fingerprint density at radius 1 is 1.24 bits per heavy atom. The first kappa shape index (κ1) is 14.9. The Bertz CT molecular complexity index is 820. The minimum atomic E-state index is 0.560. The van der Waals surface area contributed by atoms with E-state index in [1.54, 1.807) is 11.3 Å². The second-order valence-corrected chi connectivity index (χ2v) is 6.93. The number of hydrogen-bond acceptors (Lipinski definition) is 3. The summed E-state index contributed by atoms with van der Waals surface area (Å²) in [6.07, 6.45) is 0.803. The van der Waals surface area contributed by atoms with Gasteiger partial charge in [0.05, 0.1) is 21.4 Å². The van der Waals surface area contributed by atoms with Crippen molar-refractivity contribution in [3.63, 3.8) is 0 Å². The molecule has 0 saturated carbocycles. The quantitative estimate of drug-likeness (QED) is 0.763. The average molecular weight is 340 g/mol. The highest BCUT2D eigenvalue weighted by Gasteiger charge is 2.18. The van der Waals surface area contributed by atoms with E-state index in [0.29, 0.717) is 16.6 Å². The van der Waals surface area contributed by atoms with E-state index < -0.39 is 0 Å². The molecule has 21 heavy (non-hydrogen) atoms. The Balaban J connectivity index is 2.30. The molecule has 0 amide bonds. The molecule has 0 fully saturated rings. The second-order valence-electron chi connectivity index (χ2n) is 4.94. The normalized spacial score (nSPS) is 11.5. The number of nitrogens with two attached hydrogens (primary N) is 1. The number of rotatable bonds is 3. The molecule has 2 aromatic heterocycles. The van der Waals surface area contributed by atoms with Crippen LogP contribution in [-0.4, -0.2) is 15.9 Å². The highest BCUT2D eigenvalue weighted by atomic mass is 35.5. The van der Waals surface area contributed by atoms with Gasteiger partial charge in [-0.2, -0.15) is 0 Å². The van der Waals surface area contributed by atoms with Crippen molar-refractivity contribution < 1.29 is 0 Å². The van der Waals surface area contributed by atoms with Gasteiger partial charge in [0.1, 0.15) is 0 Å². The van der Waals surface area contributed by atoms with Gasteiger partial charge >= 0.3 is 0 Å². The van der Waals surface area contributed by atoms with Crippen LogP contribution in [0.5, 0.6) is 0 Å². The predicted octanol–water partition coefficient (Wildman–Crippen LogP) is 4.49. The molecule has 0 aliphatic heterocycles. The molecule has 110 valence electrons. The molecule has 3 nitrogen and oxygen atoms in total. The lowest BCUT2D eigenvalue weighted by Crippen LogP contribution is -2.06. The molecule has 3 aromatic rings. The van der Waals surface area contributed by atoms with E-state index in [4.69, 9.17) is 28.9 Å². The van der Waals surface area contributed by atoms with Crippen LogP contribution in [0.1, 0.15) is 16.3 Å². The van der Waals surface area contributed by atoms with Crippen LogP contribution in [0.4, 0.5) is 0 Å². The minimum absolute atomic E-state index is 0.560. The predicted molar refractivity (Wildman–Crippen MR) is 90.8 cm³/mol. The molecular weight excluding hydrogens is 325 g/mol. The summed E-state index contributed by atoms with van der Waals surface area (Å²) in [5.41, 5.74) is 10.1. The third-order valence-corrected chi connectivity index (χ3v) is 5.21. The number of nitrogens with zero attached hydrogens (tertiary/aromatic N) is 2. The number of aromatic nitrogens is 2. The third kappa shape index (κ3) is 2.46. The number of imidazole rings is 1. The summed E-state index contributed by atoms with van der Waals surface area (Å²) >= 11 is 13.9. The van der Waals surface area contributed by atoms with E-state index in [2.05, 4.69) is 16.3 Å². The Morgan fingerprint density at radius 3 is 2.67 bits per heavy atom. The smallest absolute Gasteiger partial charge is 0.194 e. The molecule has 0 unspecified atom stereocenters. The number of fused-ring (bicyclic) bond motifs is 1. The lowest BCUT2D eigenvalue weighted by molar-refractivity contribution is 0.898. The van der Waals surface area contributed by atoms with Crippen molar-refractivity contribution in [3.8, 4) is 11.3 Å². The fraction of sp³-hybridized carbons (Fsp3) is 0.267. The Morgan fingerprint density at radius 2 is 2.00 bits per heavy atom. The van der Waals surface area contributed by atoms with Crippen LogP contribution in [0, 0.1) is 13.8 Å². The molecule has 0 spiro atoms. The van der Waals surface area contributed by atoms with E-state index in [1.165, 1.54) is 4.88 Å². The standard InChI is InChI=1S/C15H15Cl2N3S/c1-8-13(5-6-18)20-14(9(2)21-15(20)19-8)10-3-4-11(16)12(17)7-10/h3-4,7H,5-6,18H2,1-2H3. The molecule has 2 N–H and O–H groups in total. The first-order valence-corrected chi connectivity index (χ1v) is 8.23. The lowest BCUT2D eigenvalue weighted by atomic mass is 10.1. The van der Waals surface area contributed by atoms with Crippen molar-refractivity contribution in [1.29, 1.82) is 0 Å². The minimum Gasteiger partial charge on any atom is -0.330 e. The molecular formula is C15H15Cl2N3S. The van der Waals surface area contributed by atoms with Gasteiger partial charge in [-0.3, -0.25) is 4.40 Å². The van der Waals surface area contributed by atoms with Crippen LogP contribution in [0.2, 0.25) is 10.0 Å². The van der Waals surface area contributed by atoms with Crippen LogP contribution in [-0.2, 0) is 6.42 Å². The highest BCUT2D eigenvalue weighted by molar-refractivity contribution is 7.17. The van der Waals surface area contributed by atoms with Crippen molar-refractivity contribution >= 4 is 39.5 Å². The zero-order chi connectivity index (χ0) is 15.1. The van der Waals surface area contributed by atoms with Gasteiger partial charge in [0.2, 0.25) is 0 Å². The molecule has 1 aromatic carbocycles. The molecule has 0 aliphatic carbocycles. The molecule has 3 rings (SSSR count). The van der Waals surface area contributed by atoms with Crippen molar-refractivity contribution in [2.24, 2.45) is 5.73 Å². The van der Waals surface area contributed by atoms with Gasteiger partial charge in [0.25, 0.3) is 0 Å². The molecule has 0 bridgehead atoms. The second kappa shape index (κ2) is 5.61. The maximum atomic E-state index is 6.17. The van der Waals surface area contributed by atoms with E-state index in [0.717, 1.165) is 34.0 Å². The van der Waals surface area contributed by atoms with Gasteiger partial charge in [-0.1, -0.05) is 29.3 Å². The number of aryl methyl sites for hydroxylation is 2. The topological polar surface area (TPSA) is 43.3 Å². The maximum Gasteiger partial charge on any atom is 0.194 e. The van der Waals surface area contributed by atoms with Crippen molar-refractivity contribution in [1.82, 2.24) is 9.38 Å². The zero-order valence-corrected chi connectivity index (χ0v) is 14.1. The van der Waals surface area contributed by atoms with Crippen LogP contribution in [0.3, 0.4) is 0 Å². The van der Waals surface area contributed by atoms with Crippen molar-refractivity contribution in [2.45, 2.75) is 20.3 Å². The third-order valence-electron chi connectivity index (χ3n) is 3.52. The highest BCUT2D eigenvalue weighted by Crippen LogP contribution is 2.36. The molecule has 0 saturated heterocycles. The number of thiazole rings is 1. The largest absolute Gasteiger partial charge is 0.330 e. The molecule has 0 radical (unpaired) electrons. The zero-order valence-electron chi connectivity index (χ0n) is 11.8. The van der Waals surface area contributed by atoms with Gasteiger partial charge in [-0.05, 0) is 32.5 Å². The number of hydrogen-bond donors (Lipinski definition) is 1. The van der Waals surface area contributed by atoms with Crippen LogP contribution < -0.4 is 5.73 Å². The van der Waals surface area contributed by atoms with Gasteiger partial charge in [-0.15, -0.1) is 11.3 Å². The maximum absolute atomic E-state index is 6.17. The van der Waals surface area contributed by atoms with Crippen molar-refractivity contribution in [2.75, 3.05) is 6.54 Å². The summed E-state index contributed by atoms with van der Waals surface area (Å²) in [5, 5.41) is 1.12. The van der Waals surface area contributed by atoms with Gasteiger partial charge in [-0.25, -0.2) is 4.98 Å². The Kier molecular flexibility index (Phi) is 3.97. The Hall–Kier alpha value is -1.07. The number of halogens is 2. The van der Waals surface area contributed by atoms with E-state index in [1.807, 2.05) is 25.1 Å². The fourth-order valence-electron chi connectivity index (χ4n) is 2.58. The summed E-state index contributed by atoms with van der Waals surface area (Å²) in [4.78, 5) is 6.84. The molecule has 6 heteroatoms. The van der Waals surface area contributed by atoms with Crippen LogP contribution in [0.15, 0.2) is 18.2 Å². The summed E-state index contributed by atoms with van der Waals surface area (Å²) in [5.74, 6) is 0. The molecule has 0 aliphatic rings. The van der Waals surface area contributed by atoms with Crippen LogP contribution in [0.25, 0.3) is 16.2 Å². The summed E-state index contributed by atoms with van der Waals surface area (Å²) in [6.45, 7) is 4.72. The van der Waals surface area contributed by atoms with E-state index >= 15 is 0 Å². The van der Waals surface area contributed by atoms with Crippen LogP contribution >= 0.6 is 34.5 Å². The SMILES string of the molecule is Cc1nc2sc(C)c(-c3ccc(Cl)c(Cl)c3)n2c1CCN. The Labute approximate surface area is 137 Å². The molecule has 0 atom stereocenters. The van der Waals surface area contributed by atoms with Gasteiger partial charge in [0.15, 0.2) is 4.96 Å². The van der Waals surface area contributed by atoms with Gasteiger partial charge < -0.3 is 5.73 Å².